The Hall–Kier alpha value is -1.74. The van der Waals surface area contributed by atoms with Crippen LogP contribution in [0.4, 0.5) is 4.39 Å². The van der Waals surface area contributed by atoms with Crippen molar-refractivity contribution < 1.29 is 14.2 Å². The summed E-state index contributed by atoms with van der Waals surface area (Å²) in [6, 6.07) is 4.39. The number of fused-ring (bicyclic) bond motifs is 1. The highest BCUT2D eigenvalue weighted by atomic mass is 35.5. The lowest BCUT2D eigenvalue weighted by atomic mass is 10.0. The number of aryl methyl sites for hydroxylation is 1. The van der Waals surface area contributed by atoms with Crippen LogP contribution in [-0.2, 0) is 4.74 Å². The Morgan fingerprint density at radius 3 is 2.80 bits per heavy atom. The molecule has 0 radical (unpaired) electrons. The fourth-order valence-corrected chi connectivity index (χ4v) is 4.42. The second-order valence-electron chi connectivity index (χ2n) is 5.87. The molecule has 9 heteroatoms. The highest BCUT2D eigenvalue weighted by Crippen LogP contribution is 2.40. The van der Waals surface area contributed by atoms with Crippen LogP contribution in [-0.4, -0.2) is 50.9 Å². The van der Waals surface area contributed by atoms with E-state index in [9.17, 15) is 9.50 Å². The molecule has 1 aliphatic heterocycles. The molecule has 0 saturated carbocycles. The van der Waals surface area contributed by atoms with Crippen molar-refractivity contribution in [3.63, 3.8) is 0 Å². The maximum atomic E-state index is 13.6. The fraction of sp³-hybridized carbons (Fsp3) is 0.375. The van der Waals surface area contributed by atoms with Gasteiger partial charge in [-0.2, -0.15) is 4.52 Å². The molecule has 132 valence electrons. The maximum Gasteiger partial charge on any atom is 0.230 e. The van der Waals surface area contributed by atoms with E-state index >= 15 is 0 Å². The van der Waals surface area contributed by atoms with E-state index in [1.54, 1.807) is 19.1 Å². The molecule has 0 amide bonds. The first kappa shape index (κ1) is 16.7. The van der Waals surface area contributed by atoms with Crippen molar-refractivity contribution in [2.24, 2.45) is 0 Å². The van der Waals surface area contributed by atoms with Gasteiger partial charge in [0.15, 0.2) is 0 Å². The minimum absolute atomic E-state index is 0.0533. The Morgan fingerprint density at radius 1 is 1.36 bits per heavy atom. The van der Waals surface area contributed by atoms with Crippen molar-refractivity contribution >= 4 is 27.9 Å². The van der Waals surface area contributed by atoms with E-state index in [1.165, 1.54) is 21.9 Å². The molecular weight excluding hydrogens is 367 g/mol. The van der Waals surface area contributed by atoms with Gasteiger partial charge in [-0.25, -0.2) is 9.37 Å². The predicted octanol–water partition coefficient (Wildman–Crippen LogP) is 3.02. The molecular formula is C16H16ClFN4O2S. The van der Waals surface area contributed by atoms with Crippen molar-refractivity contribution in [3.05, 3.63) is 45.3 Å². The molecule has 1 aromatic carbocycles. The summed E-state index contributed by atoms with van der Waals surface area (Å²) in [7, 11) is 0. The van der Waals surface area contributed by atoms with Gasteiger partial charge in [-0.1, -0.05) is 29.0 Å². The zero-order valence-electron chi connectivity index (χ0n) is 13.4. The topological polar surface area (TPSA) is 62.9 Å². The molecule has 2 aromatic heterocycles. The summed E-state index contributed by atoms with van der Waals surface area (Å²) in [5.41, 5.74) is 0.810. The number of halogens is 2. The van der Waals surface area contributed by atoms with Crippen molar-refractivity contribution in [1.29, 1.82) is 0 Å². The summed E-state index contributed by atoms with van der Waals surface area (Å²) in [5.74, 6) is 0.187. The summed E-state index contributed by atoms with van der Waals surface area (Å²) >= 11 is 7.37. The number of ether oxygens (including phenoxy) is 1. The molecule has 1 N–H and O–H groups in total. The number of aromatic hydroxyl groups is 1. The zero-order chi connectivity index (χ0) is 17.6. The molecule has 4 rings (SSSR count). The van der Waals surface area contributed by atoms with E-state index in [1.807, 2.05) is 0 Å². The first-order chi connectivity index (χ1) is 12.0. The standard InChI is InChI=1S/C16H16ClFN4O2S/c1-9-19-16-22(20-9)15(23)14(25-16)13(21-4-6-24-7-5-21)10-2-3-12(18)11(17)8-10/h2-3,8,13,23H,4-7H2,1H3/t13-/m0/s1. The maximum absolute atomic E-state index is 13.6. The normalized spacial score (nSPS) is 17.2. The summed E-state index contributed by atoms with van der Waals surface area (Å²) in [6.45, 7) is 4.38. The fourth-order valence-electron chi connectivity index (χ4n) is 3.07. The Bertz CT molecular complexity index is 922. The quantitative estimate of drug-likeness (QED) is 0.754. The Labute approximate surface area is 152 Å². The van der Waals surface area contributed by atoms with Gasteiger partial charge < -0.3 is 9.84 Å². The molecule has 6 nitrogen and oxygen atoms in total. The van der Waals surface area contributed by atoms with E-state index in [0.717, 1.165) is 5.56 Å². The van der Waals surface area contributed by atoms with Crippen molar-refractivity contribution in [2.75, 3.05) is 26.3 Å². The Morgan fingerprint density at radius 2 is 2.12 bits per heavy atom. The van der Waals surface area contributed by atoms with Crippen LogP contribution in [0.25, 0.3) is 4.96 Å². The van der Waals surface area contributed by atoms with Crippen LogP contribution in [0.2, 0.25) is 5.02 Å². The van der Waals surface area contributed by atoms with E-state index in [0.29, 0.717) is 42.0 Å². The number of aromatic nitrogens is 3. The number of morpholine rings is 1. The molecule has 1 aliphatic rings. The molecule has 0 bridgehead atoms. The van der Waals surface area contributed by atoms with Crippen LogP contribution < -0.4 is 0 Å². The molecule has 0 spiro atoms. The smallest absolute Gasteiger partial charge is 0.230 e. The zero-order valence-corrected chi connectivity index (χ0v) is 15.0. The Kier molecular flexibility index (Phi) is 4.36. The second kappa shape index (κ2) is 6.53. The van der Waals surface area contributed by atoms with Gasteiger partial charge in [0.05, 0.1) is 29.2 Å². The molecule has 0 aliphatic carbocycles. The van der Waals surface area contributed by atoms with E-state index in [-0.39, 0.29) is 16.9 Å². The highest BCUT2D eigenvalue weighted by Gasteiger charge is 2.30. The predicted molar refractivity (Wildman–Crippen MR) is 92.9 cm³/mol. The monoisotopic (exact) mass is 382 g/mol. The summed E-state index contributed by atoms with van der Waals surface area (Å²) < 4.78 is 20.5. The van der Waals surface area contributed by atoms with Crippen LogP contribution in [0.3, 0.4) is 0 Å². The third-order valence-electron chi connectivity index (χ3n) is 4.22. The van der Waals surface area contributed by atoms with Crippen LogP contribution >= 0.6 is 22.9 Å². The molecule has 1 atom stereocenters. The average molecular weight is 383 g/mol. The number of rotatable bonds is 3. The van der Waals surface area contributed by atoms with Gasteiger partial charge in [0.2, 0.25) is 10.8 Å². The van der Waals surface area contributed by atoms with E-state index in [2.05, 4.69) is 15.0 Å². The molecule has 25 heavy (non-hydrogen) atoms. The number of hydrogen-bond donors (Lipinski definition) is 1. The number of hydrogen-bond acceptors (Lipinski definition) is 6. The van der Waals surface area contributed by atoms with Crippen molar-refractivity contribution in [1.82, 2.24) is 19.5 Å². The molecule has 1 fully saturated rings. The third-order valence-corrected chi connectivity index (χ3v) is 5.59. The molecule has 3 heterocycles. The van der Waals surface area contributed by atoms with E-state index < -0.39 is 5.82 Å². The van der Waals surface area contributed by atoms with Gasteiger partial charge in [0.25, 0.3) is 0 Å². The summed E-state index contributed by atoms with van der Waals surface area (Å²) in [5, 5.41) is 15.0. The molecule has 3 aromatic rings. The Balaban J connectivity index is 1.84. The molecule has 1 saturated heterocycles. The minimum Gasteiger partial charge on any atom is -0.492 e. The van der Waals surface area contributed by atoms with Gasteiger partial charge in [-0.15, -0.1) is 5.10 Å². The SMILES string of the molecule is Cc1nc2sc([C@H](c3ccc(F)c(Cl)c3)N3CCOCC3)c(O)n2n1. The number of nitrogens with zero attached hydrogens (tertiary/aromatic N) is 4. The van der Waals surface area contributed by atoms with Crippen LogP contribution in [0.15, 0.2) is 18.2 Å². The lowest BCUT2D eigenvalue weighted by molar-refractivity contribution is 0.0241. The average Bonchev–Trinajstić information content (AvgIpc) is 3.10. The van der Waals surface area contributed by atoms with Gasteiger partial charge in [0, 0.05) is 13.1 Å². The van der Waals surface area contributed by atoms with Gasteiger partial charge >= 0.3 is 0 Å². The first-order valence-corrected chi connectivity index (χ1v) is 9.06. The number of thiazole rings is 1. The second-order valence-corrected chi connectivity index (χ2v) is 7.28. The van der Waals surface area contributed by atoms with Crippen molar-refractivity contribution in [2.45, 2.75) is 13.0 Å². The minimum atomic E-state index is -0.464. The van der Waals surface area contributed by atoms with Gasteiger partial charge in [-0.05, 0) is 24.6 Å². The third kappa shape index (κ3) is 2.99. The van der Waals surface area contributed by atoms with Gasteiger partial charge in [-0.3, -0.25) is 4.90 Å². The lowest BCUT2D eigenvalue weighted by Gasteiger charge is -2.34. The van der Waals surface area contributed by atoms with Crippen LogP contribution in [0, 0.1) is 12.7 Å². The summed E-state index contributed by atoms with van der Waals surface area (Å²) in [6.07, 6.45) is 0. The number of benzene rings is 1. The first-order valence-electron chi connectivity index (χ1n) is 7.86. The largest absolute Gasteiger partial charge is 0.492 e. The highest BCUT2D eigenvalue weighted by molar-refractivity contribution is 7.17. The molecule has 0 unspecified atom stereocenters. The van der Waals surface area contributed by atoms with Crippen molar-refractivity contribution in [3.8, 4) is 5.88 Å². The summed E-state index contributed by atoms with van der Waals surface area (Å²) in [4.78, 5) is 7.84. The van der Waals surface area contributed by atoms with Gasteiger partial charge in [0.1, 0.15) is 11.6 Å². The van der Waals surface area contributed by atoms with Crippen LogP contribution in [0.5, 0.6) is 5.88 Å². The lowest BCUT2D eigenvalue weighted by Crippen LogP contribution is -2.39. The van der Waals surface area contributed by atoms with Crippen LogP contribution in [0.1, 0.15) is 22.3 Å². The van der Waals surface area contributed by atoms with E-state index in [4.69, 9.17) is 16.3 Å².